The highest BCUT2D eigenvalue weighted by atomic mass is 16.5. The Morgan fingerprint density at radius 1 is 1.53 bits per heavy atom. The third-order valence-electron chi connectivity index (χ3n) is 3.15. The Morgan fingerprint density at radius 2 is 2.27 bits per heavy atom. The van der Waals surface area contributed by atoms with Crippen LogP contribution in [0.5, 0.6) is 0 Å². The minimum Gasteiger partial charge on any atom is -0.469 e. The highest BCUT2D eigenvalue weighted by Crippen LogP contribution is 2.24. The fourth-order valence-electron chi connectivity index (χ4n) is 2.24. The van der Waals surface area contributed by atoms with E-state index < -0.39 is 0 Å². The largest absolute Gasteiger partial charge is 0.469 e. The van der Waals surface area contributed by atoms with Crippen molar-refractivity contribution >= 4 is 5.97 Å². The zero-order valence-electron chi connectivity index (χ0n) is 9.61. The monoisotopic (exact) mass is 215 g/mol. The Kier molecular flexibility index (Phi) is 5.05. The predicted octanol–water partition coefficient (Wildman–Crippen LogP) is 0.785. The second-order valence-corrected chi connectivity index (χ2v) is 4.02. The lowest BCUT2D eigenvalue weighted by atomic mass is 10.1. The Hall–Kier alpha value is -0.610. The van der Waals surface area contributed by atoms with E-state index in [2.05, 4.69) is 16.6 Å². The SMILES string of the molecule is CCN(CCC(=O)OC)C1CCCC1O. The summed E-state index contributed by atoms with van der Waals surface area (Å²) < 4.78 is 4.61. The number of ether oxygens (including phenoxy) is 1. The van der Waals surface area contributed by atoms with Crippen molar-refractivity contribution in [3.05, 3.63) is 0 Å². The van der Waals surface area contributed by atoms with Gasteiger partial charge in [-0.1, -0.05) is 6.92 Å². The molecule has 15 heavy (non-hydrogen) atoms. The molecule has 0 aromatic carbocycles. The van der Waals surface area contributed by atoms with Crippen LogP contribution in [-0.4, -0.2) is 48.3 Å². The zero-order chi connectivity index (χ0) is 11.3. The van der Waals surface area contributed by atoms with E-state index in [9.17, 15) is 9.90 Å². The molecule has 0 heterocycles. The molecule has 4 nitrogen and oxygen atoms in total. The molecule has 4 heteroatoms. The molecule has 0 radical (unpaired) electrons. The van der Waals surface area contributed by atoms with Gasteiger partial charge < -0.3 is 9.84 Å². The van der Waals surface area contributed by atoms with Crippen LogP contribution < -0.4 is 0 Å². The maximum absolute atomic E-state index is 11.0. The lowest BCUT2D eigenvalue weighted by molar-refractivity contribution is -0.141. The maximum atomic E-state index is 11.0. The molecular formula is C11H21NO3. The summed E-state index contributed by atoms with van der Waals surface area (Å²) in [4.78, 5) is 13.2. The first-order chi connectivity index (χ1) is 7.19. The molecule has 0 aromatic rings. The minimum atomic E-state index is -0.220. The van der Waals surface area contributed by atoms with Crippen LogP contribution >= 0.6 is 0 Å². The average molecular weight is 215 g/mol. The van der Waals surface area contributed by atoms with E-state index in [1.54, 1.807) is 0 Å². The van der Waals surface area contributed by atoms with Gasteiger partial charge in [-0.25, -0.2) is 0 Å². The molecule has 1 fully saturated rings. The summed E-state index contributed by atoms with van der Waals surface area (Å²) in [5, 5.41) is 9.76. The van der Waals surface area contributed by atoms with E-state index in [0.717, 1.165) is 25.8 Å². The van der Waals surface area contributed by atoms with Crippen LogP contribution in [-0.2, 0) is 9.53 Å². The molecule has 1 rings (SSSR count). The van der Waals surface area contributed by atoms with Crippen LogP contribution in [0.25, 0.3) is 0 Å². The van der Waals surface area contributed by atoms with Gasteiger partial charge in [-0.05, 0) is 25.8 Å². The van der Waals surface area contributed by atoms with Crippen LogP contribution in [0.4, 0.5) is 0 Å². The Bertz CT molecular complexity index is 208. The maximum Gasteiger partial charge on any atom is 0.306 e. The van der Waals surface area contributed by atoms with Gasteiger partial charge in [0.1, 0.15) is 0 Å². The van der Waals surface area contributed by atoms with Gasteiger partial charge in [-0.3, -0.25) is 9.69 Å². The third-order valence-corrected chi connectivity index (χ3v) is 3.15. The van der Waals surface area contributed by atoms with E-state index in [0.29, 0.717) is 13.0 Å². The van der Waals surface area contributed by atoms with Crippen molar-refractivity contribution in [2.75, 3.05) is 20.2 Å². The normalized spacial score (nSPS) is 25.9. The number of likely N-dealkylation sites (N-methyl/N-ethyl adjacent to an activating group) is 1. The molecule has 2 atom stereocenters. The van der Waals surface area contributed by atoms with Gasteiger partial charge in [0, 0.05) is 12.6 Å². The summed E-state index contributed by atoms with van der Waals surface area (Å²) >= 11 is 0. The number of nitrogens with zero attached hydrogens (tertiary/aromatic N) is 1. The number of methoxy groups -OCH3 is 1. The summed E-state index contributed by atoms with van der Waals surface area (Å²) in [5.74, 6) is -0.180. The number of aliphatic hydroxyl groups is 1. The molecule has 88 valence electrons. The van der Waals surface area contributed by atoms with Gasteiger partial charge >= 0.3 is 5.97 Å². The summed E-state index contributed by atoms with van der Waals surface area (Å²) in [6.07, 6.45) is 3.20. The molecule has 1 saturated carbocycles. The lowest BCUT2D eigenvalue weighted by Gasteiger charge is -2.29. The molecule has 2 unspecified atom stereocenters. The number of esters is 1. The topological polar surface area (TPSA) is 49.8 Å². The zero-order valence-corrected chi connectivity index (χ0v) is 9.61. The third kappa shape index (κ3) is 3.47. The van der Waals surface area contributed by atoms with Gasteiger partial charge in [0.15, 0.2) is 0 Å². The minimum absolute atomic E-state index is 0.180. The smallest absolute Gasteiger partial charge is 0.306 e. The average Bonchev–Trinajstić information content (AvgIpc) is 2.65. The number of carbonyl (C=O) groups excluding carboxylic acids is 1. The molecule has 1 aliphatic carbocycles. The second-order valence-electron chi connectivity index (χ2n) is 4.02. The van der Waals surface area contributed by atoms with Crippen molar-refractivity contribution in [2.45, 2.75) is 44.8 Å². The van der Waals surface area contributed by atoms with Crippen LogP contribution in [0.2, 0.25) is 0 Å². The molecule has 1 aliphatic rings. The van der Waals surface area contributed by atoms with Crippen LogP contribution in [0.1, 0.15) is 32.6 Å². The van der Waals surface area contributed by atoms with Gasteiger partial charge in [0.2, 0.25) is 0 Å². The standard InChI is InChI=1S/C11H21NO3/c1-3-12(8-7-11(14)15-2)9-5-4-6-10(9)13/h9-10,13H,3-8H2,1-2H3. The number of hydrogen-bond acceptors (Lipinski definition) is 4. The molecule has 0 aromatic heterocycles. The molecular weight excluding hydrogens is 194 g/mol. The van der Waals surface area contributed by atoms with Crippen molar-refractivity contribution in [3.63, 3.8) is 0 Å². The Labute approximate surface area is 91.2 Å². The van der Waals surface area contributed by atoms with Crippen LogP contribution in [0, 0.1) is 0 Å². The highest BCUT2D eigenvalue weighted by molar-refractivity contribution is 5.69. The predicted molar refractivity (Wildman–Crippen MR) is 57.5 cm³/mol. The molecule has 0 amide bonds. The second kappa shape index (κ2) is 6.08. The first-order valence-electron chi connectivity index (χ1n) is 5.68. The van der Waals surface area contributed by atoms with E-state index in [4.69, 9.17) is 0 Å². The fourth-order valence-corrected chi connectivity index (χ4v) is 2.24. The van der Waals surface area contributed by atoms with Gasteiger partial charge in [-0.2, -0.15) is 0 Å². The Balaban J connectivity index is 2.37. The summed E-state index contributed by atoms with van der Waals surface area (Å²) in [5.41, 5.74) is 0. The summed E-state index contributed by atoms with van der Waals surface area (Å²) in [6, 6.07) is 0.236. The fraction of sp³-hybridized carbons (Fsp3) is 0.909. The first-order valence-corrected chi connectivity index (χ1v) is 5.68. The number of aliphatic hydroxyl groups excluding tert-OH is 1. The van der Waals surface area contributed by atoms with Gasteiger partial charge in [-0.15, -0.1) is 0 Å². The van der Waals surface area contributed by atoms with Crippen LogP contribution in [0.15, 0.2) is 0 Å². The van der Waals surface area contributed by atoms with Crippen molar-refractivity contribution in [3.8, 4) is 0 Å². The van der Waals surface area contributed by atoms with Gasteiger partial charge in [0.05, 0.1) is 19.6 Å². The van der Waals surface area contributed by atoms with Crippen molar-refractivity contribution < 1.29 is 14.6 Å². The van der Waals surface area contributed by atoms with Crippen molar-refractivity contribution in [1.82, 2.24) is 4.90 Å². The van der Waals surface area contributed by atoms with E-state index in [1.807, 2.05) is 0 Å². The highest BCUT2D eigenvalue weighted by Gasteiger charge is 2.29. The molecule has 0 spiro atoms. The summed E-state index contributed by atoms with van der Waals surface area (Å²) in [6.45, 7) is 3.62. The molecule has 1 N–H and O–H groups in total. The van der Waals surface area contributed by atoms with Crippen molar-refractivity contribution in [1.29, 1.82) is 0 Å². The van der Waals surface area contributed by atoms with Crippen molar-refractivity contribution in [2.24, 2.45) is 0 Å². The van der Waals surface area contributed by atoms with Gasteiger partial charge in [0.25, 0.3) is 0 Å². The number of hydrogen-bond donors (Lipinski definition) is 1. The van der Waals surface area contributed by atoms with Crippen LogP contribution in [0.3, 0.4) is 0 Å². The van der Waals surface area contributed by atoms with E-state index in [1.165, 1.54) is 7.11 Å². The van der Waals surface area contributed by atoms with E-state index in [-0.39, 0.29) is 18.1 Å². The lowest BCUT2D eigenvalue weighted by Crippen LogP contribution is -2.41. The number of rotatable bonds is 5. The molecule has 0 saturated heterocycles. The Morgan fingerprint density at radius 3 is 2.73 bits per heavy atom. The van der Waals surface area contributed by atoms with E-state index >= 15 is 0 Å². The molecule has 0 bridgehead atoms. The first kappa shape index (κ1) is 12.5. The summed E-state index contributed by atoms with van der Waals surface area (Å²) in [7, 11) is 1.41. The number of carbonyl (C=O) groups is 1. The quantitative estimate of drug-likeness (QED) is 0.689. The molecule has 0 aliphatic heterocycles.